The summed E-state index contributed by atoms with van der Waals surface area (Å²) in [5, 5.41) is 7.83. The van der Waals surface area contributed by atoms with Gasteiger partial charge in [0.2, 0.25) is 5.91 Å². The van der Waals surface area contributed by atoms with Crippen molar-refractivity contribution in [2.45, 2.75) is 51.3 Å². The molecule has 9 heteroatoms. The summed E-state index contributed by atoms with van der Waals surface area (Å²) < 4.78 is 5.24. The van der Waals surface area contributed by atoms with E-state index in [9.17, 15) is 9.59 Å². The molecule has 0 spiro atoms. The molecular formula is C25H37N5O3S. The van der Waals surface area contributed by atoms with Crippen LogP contribution in [0.4, 0.5) is 0 Å². The van der Waals surface area contributed by atoms with E-state index in [0.717, 1.165) is 23.6 Å². The van der Waals surface area contributed by atoms with Crippen molar-refractivity contribution in [3.8, 4) is 0 Å². The van der Waals surface area contributed by atoms with Crippen molar-refractivity contribution in [1.82, 2.24) is 25.3 Å². The second-order valence-electron chi connectivity index (χ2n) is 10.1. The Morgan fingerprint density at radius 3 is 2.59 bits per heavy atom. The van der Waals surface area contributed by atoms with Crippen molar-refractivity contribution in [2.24, 2.45) is 11.3 Å². The Hall–Kier alpha value is -2.39. The molecule has 1 N–H and O–H groups in total. The molecule has 2 aromatic rings. The summed E-state index contributed by atoms with van der Waals surface area (Å²) in [7, 11) is 4.08. The van der Waals surface area contributed by atoms with E-state index in [1.54, 1.807) is 12.3 Å². The van der Waals surface area contributed by atoms with Crippen molar-refractivity contribution >= 4 is 23.6 Å². The van der Waals surface area contributed by atoms with E-state index in [1.165, 1.54) is 11.8 Å². The molecule has 8 nitrogen and oxygen atoms in total. The first-order chi connectivity index (χ1) is 16.1. The van der Waals surface area contributed by atoms with Gasteiger partial charge in [0, 0.05) is 49.6 Å². The van der Waals surface area contributed by atoms with Gasteiger partial charge >= 0.3 is 0 Å². The normalized spacial score (nSPS) is 15.1. The third-order valence-electron chi connectivity index (χ3n) is 6.17. The zero-order valence-electron chi connectivity index (χ0n) is 21.2. The number of hydrogen-bond donors (Lipinski definition) is 1. The smallest absolute Gasteiger partial charge is 0.256 e. The summed E-state index contributed by atoms with van der Waals surface area (Å²) in [6, 6.07) is 3.62. The van der Waals surface area contributed by atoms with Crippen molar-refractivity contribution in [3.05, 3.63) is 40.9 Å². The van der Waals surface area contributed by atoms with Crippen molar-refractivity contribution in [2.75, 3.05) is 40.3 Å². The van der Waals surface area contributed by atoms with Crippen LogP contribution in [0.3, 0.4) is 0 Å². The number of rotatable bonds is 9. The number of pyridine rings is 1. The maximum absolute atomic E-state index is 13.3. The number of likely N-dealkylation sites (tertiary alicyclic amines) is 1. The first-order valence-corrected chi connectivity index (χ1v) is 12.8. The monoisotopic (exact) mass is 487 g/mol. The van der Waals surface area contributed by atoms with E-state index in [0.29, 0.717) is 48.8 Å². The number of aromatic nitrogens is 2. The van der Waals surface area contributed by atoms with E-state index in [2.05, 4.69) is 34.2 Å². The van der Waals surface area contributed by atoms with Gasteiger partial charge in [-0.3, -0.25) is 9.59 Å². The Balaban J connectivity index is 1.55. The predicted octanol–water partition coefficient (Wildman–Crippen LogP) is 3.53. The van der Waals surface area contributed by atoms with Crippen LogP contribution in [0.2, 0.25) is 0 Å². The molecule has 2 aromatic heterocycles. The molecule has 2 amide bonds. The Bertz CT molecular complexity index is 977. The highest BCUT2D eigenvalue weighted by Gasteiger charge is 2.30. The number of thioether (sulfide) groups is 1. The molecule has 1 saturated heterocycles. The fraction of sp³-hybridized carbons (Fsp3) is 0.600. The van der Waals surface area contributed by atoms with Crippen LogP contribution in [0.1, 0.15) is 54.1 Å². The summed E-state index contributed by atoms with van der Waals surface area (Å²) >= 11 is 1.52. The van der Waals surface area contributed by atoms with Gasteiger partial charge in [-0.2, -0.15) is 0 Å². The fourth-order valence-electron chi connectivity index (χ4n) is 4.41. The highest BCUT2D eigenvalue weighted by Crippen LogP contribution is 2.29. The average molecular weight is 488 g/mol. The molecule has 1 aliphatic heterocycles. The Kier molecular flexibility index (Phi) is 8.76. The summed E-state index contributed by atoms with van der Waals surface area (Å²) in [4.78, 5) is 34.5. The van der Waals surface area contributed by atoms with Crippen LogP contribution in [0.15, 0.2) is 27.9 Å². The summed E-state index contributed by atoms with van der Waals surface area (Å²) in [6.07, 6.45) is 3.06. The number of nitrogens with zero attached hydrogens (tertiary/aromatic N) is 4. The second-order valence-corrected chi connectivity index (χ2v) is 11.1. The molecule has 0 radical (unpaired) electrons. The summed E-state index contributed by atoms with van der Waals surface area (Å²) in [5.74, 6) is 1.45. The van der Waals surface area contributed by atoms with Gasteiger partial charge in [0.25, 0.3) is 5.91 Å². The number of carbonyl (C=O) groups is 2. The van der Waals surface area contributed by atoms with Crippen LogP contribution in [0.25, 0.3) is 0 Å². The van der Waals surface area contributed by atoms with Crippen LogP contribution in [0, 0.1) is 25.2 Å². The average Bonchev–Trinajstić information content (AvgIpc) is 3.12. The Morgan fingerprint density at radius 2 is 1.97 bits per heavy atom. The topological polar surface area (TPSA) is 91.6 Å². The molecule has 186 valence electrons. The molecule has 0 bridgehead atoms. The zero-order valence-corrected chi connectivity index (χ0v) is 22.0. The van der Waals surface area contributed by atoms with Crippen molar-refractivity contribution in [1.29, 1.82) is 0 Å². The minimum absolute atomic E-state index is 0.00775. The van der Waals surface area contributed by atoms with Crippen LogP contribution in [-0.2, 0) is 10.5 Å². The lowest BCUT2D eigenvalue weighted by Crippen LogP contribution is -2.46. The molecular weight excluding hydrogens is 450 g/mol. The molecule has 34 heavy (non-hydrogen) atoms. The van der Waals surface area contributed by atoms with Gasteiger partial charge < -0.3 is 19.6 Å². The van der Waals surface area contributed by atoms with E-state index >= 15 is 0 Å². The van der Waals surface area contributed by atoms with E-state index in [-0.39, 0.29) is 23.1 Å². The largest absolute Gasteiger partial charge is 0.361 e. The minimum atomic E-state index is -0.0542. The van der Waals surface area contributed by atoms with E-state index < -0.39 is 0 Å². The number of amides is 2. The number of carbonyl (C=O) groups excluding carboxylic acids is 2. The minimum Gasteiger partial charge on any atom is -0.361 e. The van der Waals surface area contributed by atoms with Crippen molar-refractivity contribution < 1.29 is 14.1 Å². The van der Waals surface area contributed by atoms with Gasteiger partial charge in [-0.25, -0.2) is 4.98 Å². The first-order valence-electron chi connectivity index (χ1n) is 11.8. The van der Waals surface area contributed by atoms with Gasteiger partial charge in [0.15, 0.2) is 0 Å². The number of piperidine rings is 1. The van der Waals surface area contributed by atoms with Gasteiger partial charge in [0.1, 0.15) is 10.8 Å². The molecule has 0 saturated carbocycles. The van der Waals surface area contributed by atoms with Crippen LogP contribution < -0.4 is 5.32 Å². The number of aryl methyl sites for hydroxylation is 2. The fourth-order valence-corrected chi connectivity index (χ4v) is 5.55. The molecule has 3 heterocycles. The van der Waals surface area contributed by atoms with E-state index in [1.807, 2.05) is 38.9 Å². The van der Waals surface area contributed by atoms with Crippen LogP contribution in [-0.4, -0.2) is 72.0 Å². The van der Waals surface area contributed by atoms with Crippen LogP contribution >= 0.6 is 11.8 Å². The Morgan fingerprint density at radius 1 is 1.26 bits per heavy atom. The van der Waals surface area contributed by atoms with Crippen molar-refractivity contribution in [3.63, 3.8) is 0 Å². The highest BCUT2D eigenvalue weighted by atomic mass is 32.2. The SMILES string of the molecule is Cc1noc(C)c1CSc1ncccc1C(=O)N1CCC(C(=O)NCC(C)(C)CN(C)C)CC1. The molecule has 0 aliphatic carbocycles. The Labute approximate surface area is 206 Å². The number of nitrogens with one attached hydrogen (secondary N) is 1. The molecule has 0 unspecified atom stereocenters. The lowest BCUT2D eigenvalue weighted by Gasteiger charge is -2.33. The second kappa shape index (κ2) is 11.4. The molecule has 0 aromatic carbocycles. The van der Waals surface area contributed by atoms with Gasteiger partial charge in [0.05, 0.1) is 11.3 Å². The zero-order chi connectivity index (χ0) is 24.9. The predicted molar refractivity (Wildman–Crippen MR) is 134 cm³/mol. The molecule has 1 aliphatic rings. The summed E-state index contributed by atoms with van der Waals surface area (Å²) in [5.41, 5.74) is 2.51. The highest BCUT2D eigenvalue weighted by molar-refractivity contribution is 7.98. The van der Waals surface area contributed by atoms with Gasteiger partial charge in [-0.15, -0.1) is 11.8 Å². The standard InChI is InChI=1S/C25H37N5O3S/c1-17-21(18(2)33-28-17)14-34-23-20(8-7-11-26-23)24(32)30-12-9-19(10-13-30)22(31)27-15-25(3,4)16-29(5)6/h7-8,11,19H,9-10,12-16H2,1-6H3,(H,27,31). The quantitative estimate of drug-likeness (QED) is 0.541. The first kappa shape index (κ1) is 26.2. The number of hydrogen-bond acceptors (Lipinski definition) is 7. The molecule has 0 atom stereocenters. The lowest BCUT2D eigenvalue weighted by molar-refractivity contribution is -0.126. The third-order valence-corrected chi connectivity index (χ3v) is 7.21. The van der Waals surface area contributed by atoms with Crippen LogP contribution in [0.5, 0.6) is 0 Å². The lowest BCUT2D eigenvalue weighted by atomic mass is 9.91. The maximum Gasteiger partial charge on any atom is 0.256 e. The third kappa shape index (κ3) is 6.82. The maximum atomic E-state index is 13.3. The van der Waals surface area contributed by atoms with Gasteiger partial charge in [-0.05, 0) is 58.3 Å². The molecule has 3 rings (SSSR count). The van der Waals surface area contributed by atoms with E-state index in [4.69, 9.17) is 4.52 Å². The summed E-state index contributed by atoms with van der Waals surface area (Å²) in [6.45, 7) is 10.8. The molecule has 1 fully saturated rings. The van der Waals surface area contributed by atoms with Gasteiger partial charge in [-0.1, -0.05) is 19.0 Å².